The molecular weight excluding hydrogens is 222 g/mol. The largest absolute Gasteiger partial charge is 0.377 e. The third-order valence-electron chi connectivity index (χ3n) is 2.23. The topological polar surface area (TPSA) is 64.4 Å². The van der Waals surface area contributed by atoms with E-state index < -0.39 is 22.2 Å². The highest BCUT2D eigenvalue weighted by atomic mass is 19.1. The van der Waals surface area contributed by atoms with E-state index in [4.69, 9.17) is 4.74 Å². The fourth-order valence-corrected chi connectivity index (χ4v) is 1.33. The number of hydrogen-bond donors (Lipinski definition) is 1. The van der Waals surface area contributed by atoms with E-state index in [9.17, 15) is 18.9 Å². The molecule has 0 aliphatic carbocycles. The van der Waals surface area contributed by atoms with Gasteiger partial charge in [0.1, 0.15) is 5.82 Å². The quantitative estimate of drug-likeness (QED) is 0.633. The average molecular weight is 230 g/mol. The van der Waals surface area contributed by atoms with Gasteiger partial charge in [0.15, 0.2) is 0 Å². The van der Waals surface area contributed by atoms with Gasteiger partial charge in [-0.15, -0.1) is 0 Å². The molecule has 7 heteroatoms. The minimum atomic E-state index is -1.18. The third-order valence-corrected chi connectivity index (χ3v) is 2.23. The Labute approximate surface area is 89.2 Å². The Balaban J connectivity index is 2.28. The lowest BCUT2D eigenvalue weighted by molar-refractivity contribution is -0.387. The maximum absolute atomic E-state index is 13.2. The van der Waals surface area contributed by atoms with Crippen molar-refractivity contribution in [3.63, 3.8) is 0 Å². The highest BCUT2D eigenvalue weighted by molar-refractivity contribution is 5.53. The summed E-state index contributed by atoms with van der Waals surface area (Å²) in [5, 5.41) is 13.1. The number of nitrogens with one attached hydrogen (secondary N) is 1. The highest BCUT2D eigenvalue weighted by Crippen LogP contribution is 2.26. The lowest BCUT2D eigenvalue weighted by Gasteiger charge is -2.27. The Bertz CT molecular complexity index is 435. The van der Waals surface area contributed by atoms with Gasteiger partial charge in [-0.25, -0.2) is 4.39 Å². The number of halogens is 2. The van der Waals surface area contributed by atoms with E-state index in [0.29, 0.717) is 19.3 Å². The van der Waals surface area contributed by atoms with Crippen molar-refractivity contribution in [2.45, 2.75) is 6.04 Å². The van der Waals surface area contributed by atoms with Crippen molar-refractivity contribution in [3.05, 3.63) is 33.9 Å². The Morgan fingerprint density at radius 3 is 2.56 bits per heavy atom. The molecule has 5 nitrogen and oxygen atoms in total. The van der Waals surface area contributed by atoms with Crippen LogP contribution in [0.25, 0.3) is 0 Å². The van der Waals surface area contributed by atoms with Gasteiger partial charge >= 0.3 is 5.69 Å². The van der Waals surface area contributed by atoms with Crippen LogP contribution >= 0.6 is 0 Å². The van der Waals surface area contributed by atoms with Crippen molar-refractivity contribution >= 4 is 11.4 Å². The number of nitro benzene ring substituents is 1. The van der Waals surface area contributed by atoms with Crippen LogP contribution in [0.1, 0.15) is 0 Å². The minimum absolute atomic E-state index is 0.0820. The summed E-state index contributed by atoms with van der Waals surface area (Å²) in [6, 6.07) is 1.27. The van der Waals surface area contributed by atoms with Crippen molar-refractivity contribution in [3.8, 4) is 0 Å². The first kappa shape index (κ1) is 10.7. The molecule has 0 radical (unpaired) electrons. The highest BCUT2D eigenvalue weighted by Gasteiger charge is 2.23. The van der Waals surface area contributed by atoms with Crippen molar-refractivity contribution in [2.75, 3.05) is 18.5 Å². The molecule has 0 atom stereocenters. The SMILES string of the molecule is O=[N+]([O-])c1cc(NC2COC2)c(F)cc1F. The van der Waals surface area contributed by atoms with Crippen LogP contribution in [0.15, 0.2) is 12.1 Å². The zero-order valence-electron chi connectivity index (χ0n) is 8.07. The van der Waals surface area contributed by atoms with E-state index in [2.05, 4.69) is 5.32 Å². The molecule has 16 heavy (non-hydrogen) atoms. The summed E-state index contributed by atoms with van der Waals surface area (Å²) < 4.78 is 31.1. The average Bonchev–Trinajstić information content (AvgIpc) is 2.13. The number of benzene rings is 1. The first-order valence-corrected chi connectivity index (χ1v) is 4.55. The molecule has 1 aliphatic rings. The molecule has 1 saturated heterocycles. The Kier molecular flexibility index (Phi) is 2.69. The standard InChI is InChI=1S/C9H8F2N2O3/c10-6-1-7(11)9(13(14)15)2-8(6)12-5-3-16-4-5/h1-2,5,12H,3-4H2. The molecule has 0 aromatic heterocycles. The van der Waals surface area contributed by atoms with Crippen LogP contribution in [-0.2, 0) is 4.74 Å². The summed E-state index contributed by atoms with van der Waals surface area (Å²) in [5.74, 6) is -2.03. The molecular formula is C9H8F2N2O3. The maximum atomic E-state index is 13.2. The van der Waals surface area contributed by atoms with Crippen LogP contribution in [-0.4, -0.2) is 24.2 Å². The zero-order chi connectivity index (χ0) is 11.7. The number of hydrogen-bond acceptors (Lipinski definition) is 4. The van der Waals surface area contributed by atoms with Crippen molar-refractivity contribution in [1.29, 1.82) is 0 Å². The summed E-state index contributed by atoms with van der Waals surface area (Å²) in [6.45, 7) is 0.815. The predicted molar refractivity (Wildman–Crippen MR) is 51.2 cm³/mol. The summed E-state index contributed by atoms with van der Waals surface area (Å²) in [7, 11) is 0. The predicted octanol–water partition coefficient (Wildman–Crippen LogP) is 1.68. The van der Waals surface area contributed by atoms with Gasteiger partial charge in [0.05, 0.1) is 29.9 Å². The van der Waals surface area contributed by atoms with Gasteiger partial charge in [-0.3, -0.25) is 10.1 Å². The van der Waals surface area contributed by atoms with Crippen LogP contribution in [0.4, 0.5) is 20.2 Å². The zero-order valence-corrected chi connectivity index (χ0v) is 8.07. The van der Waals surface area contributed by atoms with E-state index >= 15 is 0 Å². The molecule has 0 unspecified atom stereocenters. The van der Waals surface area contributed by atoms with Gasteiger partial charge < -0.3 is 10.1 Å². The monoisotopic (exact) mass is 230 g/mol. The summed E-state index contributed by atoms with van der Waals surface area (Å²) >= 11 is 0. The second kappa shape index (κ2) is 4.01. The van der Waals surface area contributed by atoms with E-state index in [1.165, 1.54) is 0 Å². The van der Waals surface area contributed by atoms with Crippen LogP contribution < -0.4 is 5.32 Å². The molecule has 0 amide bonds. The molecule has 2 rings (SSSR count). The molecule has 1 aromatic rings. The first-order valence-electron chi connectivity index (χ1n) is 4.55. The number of nitrogens with zero attached hydrogens (tertiary/aromatic N) is 1. The minimum Gasteiger partial charge on any atom is -0.377 e. The molecule has 0 bridgehead atoms. The number of nitro groups is 1. The van der Waals surface area contributed by atoms with E-state index in [1.54, 1.807) is 0 Å². The summed E-state index contributed by atoms with van der Waals surface area (Å²) in [6.07, 6.45) is 0. The second-order valence-corrected chi connectivity index (χ2v) is 3.42. The lowest BCUT2D eigenvalue weighted by Crippen LogP contribution is -2.40. The molecule has 1 fully saturated rings. The molecule has 1 aromatic carbocycles. The van der Waals surface area contributed by atoms with Gasteiger partial charge in [0, 0.05) is 12.1 Å². The number of rotatable bonds is 3. The van der Waals surface area contributed by atoms with Gasteiger partial charge in [-0.05, 0) is 0 Å². The Morgan fingerprint density at radius 1 is 1.38 bits per heavy atom. The van der Waals surface area contributed by atoms with Crippen LogP contribution in [0.2, 0.25) is 0 Å². The van der Waals surface area contributed by atoms with Gasteiger partial charge in [-0.1, -0.05) is 0 Å². The fourth-order valence-electron chi connectivity index (χ4n) is 1.33. The molecule has 0 saturated carbocycles. The number of ether oxygens (including phenoxy) is 1. The van der Waals surface area contributed by atoms with Crippen LogP contribution in [0.5, 0.6) is 0 Å². The molecule has 1 N–H and O–H groups in total. The smallest absolute Gasteiger partial charge is 0.307 e. The Hall–Kier alpha value is -1.76. The molecule has 86 valence electrons. The normalized spacial score (nSPS) is 15.6. The van der Waals surface area contributed by atoms with Crippen LogP contribution in [0.3, 0.4) is 0 Å². The Morgan fingerprint density at radius 2 is 2.06 bits per heavy atom. The van der Waals surface area contributed by atoms with Crippen molar-refractivity contribution in [2.24, 2.45) is 0 Å². The van der Waals surface area contributed by atoms with Crippen LogP contribution in [0, 0.1) is 21.7 Å². The van der Waals surface area contributed by atoms with Crippen molar-refractivity contribution < 1.29 is 18.4 Å². The molecule has 1 heterocycles. The lowest BCUT2D eigenvalue weighted by atomic mass is 10.2. The van der Waals surface area contributed by atoms with Crippen molar-refractivity contribution in [1.82, 2.24) is 0 Å². The number of anilines is 1. The van der Waals surface area contributed by atoms with E-state index in [0.717, 1.165) is 6.07 Å². The van der Waals surface area contributed by atoms with E-state index in [1.807, 2.05) is 0 Å². The fraction of sp³-hybridized carbons (Fsp3) is 0.333. The summed E-state index contributed by atoms with van der Waals surface area (Å²) in [4.78, 5) is 9.55. The second-order valence-electron chi connectivity index (χ2n) is 3.42. The molecule has 0 spiro atoms. The maximum Gasteiger partial charge on any atom is 0.307 e. The third kappa shape index (κ3) is 1.94. The molecule has 1 aliphatic heterocycles. The van der Waals surface area contributed by atoms with Gasteiger partial charge in [-0.2, -0.15) is 4.39 Å². The first-order chi connectivity index (χ1) is 7.58. The van der Waals surface area contributed by atoms with Gasteiger partial charge in [0.25, 0.3) is 0 Å². The van der Waals surface area contributed by atoms with Gasteiger partial charge in [0.2, 0.25) is 5.82 Å². The summed E-state index contributed by atoms with van der Waals surface area (Å²) in [5.41, 5.74) is -0.828. The van der Waals surface area contributed by atoms with E-state index in [-0.39, 0.29) is 11.7 Å².